The Bertz CT molecular complexity index is 376. The fourth-order valence-corrected chi connectivity index (χ4v) is 1.41. The lowest BCUT2D eigenvalue weighted by atomic mass is 10.5. The number of thioether (sulfide) groups is 1. The third-order valence-corrected chi connectivity index (χ3v) is 2.10. The largest absolute Gasteiger partial charge is 0.475 e. The first kappa shape index (κ1) is 11.8. The number of carboxylic acids is 1. The molecule has 0 saturated heterocycles. The Labute approximate surface area is 86.3 Å². The minimum atomic E-state index is -4.50. The third-order valence-electron chi connectivity index (χ3n) is 1.43. The number of nitrogens with zero attached hydrogens (tertiary/aromatic N) is 3. The van der Waals surface area contributed by atoms with Crippen LogP contribution in [0.5, 0.6) is 0 Å². The lowest BCUT2D eigenvalue weighted by molar-refractivity contribution is -0.142. The molecule has 0 fully saturated rings. The van der Waals surface area contributed by atoms with Crippen LogP contribution in [-0.4, -0.2) is 38.3 Å². The normalized spacial score (nSPS) is 11.7. The van der Waals surface area contributed by atoms with E-state index in [9.17, 15) is 18.0 Å². The maximum absolute atomic E-state index is 12.1. The van der Waals surface area contributed by atoms with Crippen LogP contribution < -0.4 is 0 Å². The molecule has 1 rings (SSSR count). The van der Waals surface area contributed by atoms with Crippen molar-refractivity contribution < 1.29 is 23.1 Å². The van der Waals surface area contributed by atoms with Crippen LogP contribution in [0.2, 0.25) is 0 Å². The summed E-state index contributed by atoms with van der Waals surface area (Å²) >= 11 is 0.900. The van der Waals surface area contributed by atoms with Gasteiger partial charge in [0, 0.05) is 0 Å². The summed E-state index contributed by atoms with van der Waals surface area (Å²) in [6, 6.07) is 0. The molecule has 5 nitrogen and oxygen atoms in total. The first-order valence-electron chi connectivity index (χ1n) is 3.62. The monoisotopic (exact) mass is 241 g/mol. The summed E-state index contributed by atoms with van der Waals surface area (Å²) < 4.78 is 36.8. The highest BCUT2D eigenvalue weighted by molar-refractivity contribution is 7.98. The molecule has 0 bridgehead atoms. The fraction of sp³-hybridized carbons (Fsp3) is 0.500. The van der Waals surface area contributed by atoms with Gasteiger partial charge in [-0.3, -0.25) is 4.57 Å². The number of rotatable bonds is 3. The number of alkyl halides is 3. The van der Waals surface area contributed by atoms with E-state index in [4.69, 9.17) is 5.11 Å². The minimum Gasteiger partial charge on any atom is -0.475 e. The molecule has 1 aromatic rings. The van der Waals surface area contributed by atoms with Gasteiger partial charge in [-0.1, -0.05) is 11.8 Å². The molecule has 1 heterocycles. The van der Waals surface area contributed by atoms with Crippen molar-refractivity contribution in [1.82, 2.24) is 14.8 Å². The fourth-order valence-electron chi connectivity index (χ4n) is 0.920. The molecule has 1 aromatic heterocycles. The first-order chi connectivity index (χ1) is 6.85. The first-order valence-corrected chi connectivity index (χ1v) is 4.85. The van der Waals surface area contributed by atoms with Crippen molar-refractivity contribution in [1.29, 1.82) is 0 Å². The molecule has 0 atom stereocenters. The molecule has 0 aromatic carbocycles. The topological polar surface area (TPSA) is 68.0 Å². The van der Waals surface area contributed by atoms with E-state index in [2.05, 4.69) is 10.2 Å². The summed E-state index contributed by atoms with van der Waals surface area (Å²) in [5.74, 6) is -2.25. The van der Waals surface area contributed by atoms with Crippen molar-refractivity contribution in [2.75, 3.05) is 6.26 Å². The lowest BCUT2D eigenvalue weighted by Crippen LogP contribution is -2.22. The summed E-state index contributed by atoms with van der Waals surface area (Å²) in [5, 5.41) is 15.0. The zero-order valence-corrected chi connectivity index (χ0v) is 8.26. The van der Waals surface area contributed by atoms with Gasteiger partial charge in [-0.15, -0.1) is 10.2 Å². The summed E-state index contributed by atoms with van der Waals surface area (Å²) in [4.78, 5) is 10.5. The maximum atomic E-state index is 12.1. The standard InChI is InChI=1S/C6H6F3N3O2S/c1-15-5-11-10-3(4(13)14)12(5)2-6(7,8)9/h2H2,1H3,(H,13,14). The van der Waals surface area contributed by atoms with E-state index in [1.54, 1.807) is 0 Å². The second-order valence-electron chi connectivity index (χ2n) is 2.52. The number of carboxylic acid groups (broad SMARTS) is 1. The predicted octanol–water partition coefficient (Wildman–Crippen LogP) is 1.26. The van der Waals surface area contributed by atoms with E-state index in [0.29, 0.717) is 4.57 Å². The van der Waals surface area contributed by atoms with Gasteiger partial charge in [-0.2, -0.15) is 13.2 Å². The van der Waals surface area contributed by atoms with Gasteiger partial charge in [0.15, 0.2) is 5.16 Å². The second-order valence-corrected chi connectivity index (χ2v) is 3.29. The number of carbonyl (C=O) groups is 1. The summed E-state index contributed by atoms with van der Waals surface area (Å²) in [5.41, 5.74) is 0. The average molecular weight is 241 g/mol. The van der Waals surface area contributed by atoms with Gasteiger partial charge in [0.1, 0.15) is 6.54 Å². The molecule has 0 aliphatic heterocycles. The Morgan fingerprint density at radius 2 is 2.13 bits per heavy atom. The molecule has 9 heteroatoms. The summed E-state index contributed by atoms with van der Waals surface area (Å²) in [7, 11) is 0. The quantitative estimate of drug-likeness (QED) is 0.807. The number of hydrogen-bond donors (Lipinski definition) is 1. The second kappa shape index (κ2) is 4.09. The van der Waals surface area contributed by atoms with Gasteiger partial charge in [-0.25, -0.2) is 4.79 Å². The van der Waals surface area contributed by atoms with E-state index >= 15 is 0 Å². The van der Waals surface area contributed by atoms with Gasteiger partial charge < -0.3 is 5.11 Å². The average Bonchev–Trinajstić information content (AvgIpc) is 2.44. The number of halogens is 3. The highest BCUT2D eigenvalue weighted by atomic mass is 32.2. The van der Waals surface area contributed by atoms with Crippen LogP contribution in [0.25, 0.3) is 0 Å². The maximum Gasteiger partial charge on any atom is 0.406 e. The molecular formula is C6H6F3N3O2S. The molecular weight excluding hydrogens is 235 g/mol. The van der Waals surface area contributed by atoms with Crippen molar-refractivity contribution in [3.8, 4) is 0 Å². The van der Waals surface area contributed by atoms with E-state index in [1.165, 1.54) is 6.26 Å². The van der Waals surface area contributed by atoms with Crippen LogP contribution in [0.4, 0.5) is 13.2 Å². The Hall–Kier alpha value is -1.25. The Balaban J connectivity index is 3.11. The molecule has 0 saturated carbocycles. The van der Waals surface area contributed by atoms with E-state index < -0.39 is 24.5 Å². The van der Waals surface area contributed by atoms with Crippen molar-refractivity contribution in [3.05, 3.63) is 5.82 Å². The molecule has 0 aliphatic rings. The molecule has 15 heavy (non-hydrogen) atoms. The predicted molar refractivity (Wildman–Crippen MR) is 44.8 cm³/mol. The number of hydrogen-bond acceptors (Lipinski definition) is 4. The van der Waals surface area contributed by atoms with E-state index in [-0.39, 0.29) is 5.16 Å². The van der Waals surface area contributed by atoms with Crippen LogP contribution in [0, 0.1) is 0 Å². The molecule has 0 radical (unpaired) electrons. The van der Waals surface area contributed by atoms with Crippen molar-refractivity contribution in [3.63, 3.8) is 0 Å². The zero-order valence-electron chi connectivity index (χ0n) is 7.45. The minimum absolute atomic E-state index is 0.0790. The third kappa shape index (κ3) is 2.85. The molecule has 0 amide bonds. The molecule has 84 valence electrons. The summed E-state index contributed by atoms with van der Waals surface area (Å²) in [6.45, 7) is -1.40. The molecule has 1 N–H and O–H groups in total. The Morgan fingerprint density at radius 3 is 2.53 bits per heavy atom. The Morgan fingerprint density at radius 1 is 1.53 bits per heavy atom. The van der Waals surface area contributed by atoms with E-state index in [1.807, 2.05) is 0 Å². The summed E-state index contributed by atoms with van der Waals surface area (Å²) in [6.07, 6.45) is -3.01. The van der Waals surface area contributed by atoms with Crippen LogP contribution in [0.15, 0.2) is 5.16 Å². The molecule has 0 aliphatic carbocycles. The zero-order chi connectivity index (χ0) is 11.6. The van der Waals surface area contributed by atoms with Gasteiger partial charge in [0.05, 0.1) is 0 Å². The highest BCUT2D eigenvalue weighted by Crippen LogP contribution is 2.22. The highest BCUT2D eigenvalue weighted by Gasteiger charge is 2.32. The number of aromatic carboxylic acids is 1. The van der Waals surface area contributed by atoms with E-state index in [0.717, 1.165) is 11.8 Å². The molecule has 0 spiro atoms. The van der Waals surface area contributed by atoms with Gasteiger partial charge >= 0.3 is 12.1 Å². The molecule has 0 unspecified atom stereocenters. The lowest BCUT2D eigenvalue weighted by Gasteiger charge is -2.09. The SMILES string of the molecule is CSc1nnc(C(=O)O)n1CC(F)(F)F. The van der Waals surface area contributed by atoms with Crippen LogP contribution in [0.1, 0.15) is 10.6 Å². The van der Waals surface area contributed by atoms with Gasteiger partial charge in [-0.05, 0) is 6.26 Å². The number of aromatic nitrogens is 3. The van der Waals surface area contributed by atoms with Crippen molar-refractivity contribution in [2.45, 2.75) is 17.9 Å². The van der Waals surface area contributed by atoms with Crippen LogP contribution in [0.3, 0.4) is 0 Å². The van der Waals surface area contributed by atoms with Crippen molar-refractivity contribution >= 4 is 17.7 Å². The van der Waals surface area contributed by atoms with Gasteiger partial charge in [0.2, 0.25) is 5.82 Å². The van der Waals surface area contributed by atoms with Crippen LogP contribution >= 0.6 is 11.8 Å². The Kier molecular flexibility index (Phi) is 3.22. The van der Waals surface area contributed by atoms with Gasteiger partial charge in [0.25, 0.3) is 0 Å². The van der Waals surface area contributed by atoms with Crippen LogP contribution in [-0.2, 0) is 6.54 Å². The smallest absolute Gasteiger partial charge is 0.406 e. The van der Waals surface area contributed by atoms with Crippen molar-refractivity contribution in [2.24, 2.45) is 0 Å².